The Morgan fingerprint density at radius 2 is 1.56 bits per heavy atom. The van der Waals surface area contributed by atoms with Crippen molar-refractivity contribution in [2.24, 2.45) is 10.2 Å². The fourth-order valence-electron chi connectivity index (χ4n) is 1.16. The number of azo groups is 1. The lowest BCUT2D eigenvalue weighted by Crippen LogP contribution is -1.69. The molecule has 4 heteroatoms. The molecule has 0 fully saturated rings. The molecule has 0 heterocycles. The predicted octanol–water partition coefficient (Wildman–Crippen LogP) is 4.89. The largest absolute Gasteiger partial charge is 0.207 e. The van der Waals surface area contributed by atoms with Gasteiger partial charge < -0.3 is 0 Å². The van der Waals surface area contributed by atoms with Crippen molar-refractivity contribution in [2.75, 3.05) is 0 Å². The van der Waals surface area contributed by atoms with Gasteiger partial charge in [0.15, 0.2) is 0 Å². The van der Waals surface area contributed by atoms with E-state index >= 15 is 0 Å². The lowest BCUT2D eigenvalue weighted by molar-refractivity contribution is 0.628. The Balaban J connectivity index is 2.18. The molecule has 2 rings (SSSR count). The Morgan fingerprint density at radius 3 is 2.25 bits per heavy atom. The molecule has 0 radical (unpaired) electrons. The van der Waals surface area contributed by atoms with E-state index in [2.05, 4.69) is 10.2 Å². The first kappa shape index (κ1) is 10.8. The Bertz CT molecular complexity index is 509. The highest BCUT2D eigenvalue weighted by molar-refractivity contribution is 6.30. The van der Waals surface area contributed by atoms with Crippen LogP contribution in [0.15, 0.2) is 58.8 Å². The van der Waals surface area contributed by atoms with Gasteiger partial charge in [-0.2, -0.15) is 10.2 Å². The second-order valence-corrected chi connectivity index (χ2v) is 3.59. The third-order valence-electron chi connectivity index (χ3n) is 1.92. The number of rotatable bonds is 2. The molecule has 0 saturated heterocycles. The quantitative estimate of drug-likeness (QED) is 0.661. The maximum atomic E-state index is 12.6. The van der Waals surface area contributed by atoms with Crippen LogP contribution in [0.1, 0.15) is 0 Å². The van der Waals surface area contributed by atoms with Gasteiger partial charge in [0.05, 0.1) is 11.4 Å². The molecule has 0 aromatic heterocycles. The van der Waals surface area contributed by atoms with Gasteiger partial charge in [-0.3, -0.25) is 0 Å². The minimum Gasteiger partial charge on any atom is -0.207 e. The summed E-state index contributed by atoms with van der Waals surface area (Å²) < 4.78 is 12.6. The zero-order valence-electron chi connectivity index (χ0n) is 8.27. The van der Waals surface area contributed by atoms with Crippen molar-refractivity contribution in [1.29, 1.82) is 0 Å². The number of hydrogen-bond donors (Lipinski definition) is 0. The van der Waals surface area contributed by atoms with Gasteiger partial charge in [-0.05, 0) is 42.5 Å². The van der Waals surface area contributed by atoms with Crippen LogP contribution in [0, 0.1) is 5.82 Å². The van der Waals surface area contributed by atoms with E-state index in [4.69, 9.17) is 11.6 Å². The smallest absolute Gasteiger partial charge is 0.123 e. The standard InChI is InChI=1S/C12H8ClFN2/c13-9-2-1-3-12(8-9)16-15-11-6-4-10(14)5-7-11/h1-8H. The van der Waals surface area contributed by atoms with Crippen LogP contribution in [0.4, 0.5) is 15.8 Å². The molecule has 0 atom stereocenters. The van der Waals surface area contributed by atoms with Gasteiger partial charge in [0.25, 0.3) is 0 Å². The SMILES string of the molecule is Fc1ccc(N=Nc2cccc(Cl)c2)cc1. The molecular weight excluding hydrogens is 227 g/mol. The summed E-state index contributed by atoms with van der Waals surface area (Å²) in [4.78, 5) is 0. The maximum Gasteiger partial charge on any atom is 0.123 e. The van der Waals surface area contributed by atoms with Crippen molar-refractivity contribution >= 4 is 23.0 Å². The van der Waals surface area contributed by atoms with Crippen LogP contribution < -0.4 is 0 Å². The van der Waals surface area contributed by atoms with E-state index in [9.17, 15) is 4.39 Å². The predicted molar refractivity (Wildman–Crippen MR) is 62.0 cm³/mol. The van der Waals surface area contributed by atoms with Crippen LogP contribution in [0.3, 0.4) is 0 Å². The minimum atomic E-state index is -0.290. The number of hydrogen-bond acceptors (Lipinski definition) is 2. The van der Waals surface area contributed by atoms with Gasteiger partial charge in [0.1, 0.15) is 5.82 Å². The van der Waals surface area contributed by atoms with E-state index < -0.39 is 0 Å². The fourth-order valence-corrected chi connectivity index (χ4v) is 1.35. The summed E-state index contributed by atoms with van der Waals surface area (Å²) in [5.74, 6) is -0.290. The van der Waals surface area contributed by atoms with Crippen molar-refractivity contribution in [3.63, 3.8) is 0 Å². The molecule has 0 N–H and O–H groups in total. The number of benzene rings is 2. The van der Waals surface area contributed by atoms with Crippen LogP contribution >= 0.6 is 11.6 Å². The van der Waals surface area contributed by atoms with Crippen molar-refractivity contribution in [2.45, 2.75) is 0 Å². The zero-order valence-corrected chi connectivity index (χ0v) is 9.03. The van der Waals surface area contributed by atoms with Gasteiger partial charge in [0.2, 0.25) is 0 Å². The third-order valence-corrected chi connectivity index (χ3v) is 2.15. The highest BCUT2D eigenvalue weighted by Crippen LogP contribution is 2.21. The summed E-state index contributed by atoms with van der Waals surface area (Å²) in [5.41, 5.74) is 1.26. The van der Waals surface area contributed by atoms with E-state index in [0.717, 1.165) is 0 Å². The van der Waals surface area contributed by atoms with Crippen LogP contribution in [0.25, 0.3) is 0 Å². The molecule has 0 saturated carbocycles. The number of nitrogens with zero attached hydrogens (tertiary/aromatic N) is 2. The molecule has 0 unspecified atom stereocenters. The molecule has 80 valence electrons. The van der Waals surface area contributed by atoms with Gasteiger partial charge in [0, 0.05) is 5.02 Å². The summed E-state index contributed by atoms with van der Waals surface area (Å²) >= 11 is 5.80. The molecule has 16 heavy (non-hydrogen) atoms. The van der Waals surface area contributed by atoms with Crippen LogP contribution in [-0.2, 0) is 0 Å². The molecule has 0 aliphatic heterocycles. The highest BCUT2D eigenvalue weighted by Gasteiger charge is 1.93. The second kappa shape index (κ2) is 4.86. The summed E-state index contributed by atoms with van der Waals surface area (Å²) in [6.45, 7) is 0. The fraction of sp³-hybridized carbons (Fsp3) is 0. The molecule has 0 spiro atoms. The Kier molecular flexibility index (Phi) is 3.27. The Labute approximate surface area is 97.4 Å². The molecule has 0 aliphatic rings. The molecule has 2 nitrogen and oxygen atoms in total. The molecule has 0 aliphatic carbocycles. The Morgan fingerprint density at radius 1 is 0.875 bits per heavy atom. The van der Waals surface area contributed by atoms with E-state index in [1.807, 2.05) is 0 Å². The van der Waals surface area contributed by atoms with Gasteiger partial charge in [-0.15, -0.1) is 0 Å². The van der Waals surface area contributed by atoms with E-state index in [0.29, 0.717) is 16.4 Å². The lowest BCUT2D eigenvalue weighted by Gasteiger charge is -1.94. The molecule has 2 aromatic rings. The molecule has 0 bridgehead atoms. The molecule has 0 amide bonds. The molecule has 2 aromatic carbocycles. The van der Waals surface area contributed by atoms with Gasteiger partial charge in [-0.1, -0.05) is 17.7 Å². The summed E-state index contributed by atoms with van der Waals surface area (Å²) in [6, 6.07) is 12.8. The van der Waals surface area contributed by atoms with Crippen LogP contribution in [-0.4, -0.2) is 0 Å². The van der Waals surface area contributed by atoms with Gasteiger partial charge in [-0.25, -0.2) is 4.39 Å². The number of halogens is 2. The van der Waals surface area contributed by atoms with E-state index in [1.54, 1.807) is 36.4 Å². The monoisotopic (exact) mass is 234 g/mol. The first-order chi connectivity index (χ1) is 7.74. The van der Waals surface area contributed by atoms with Gasteiger partial charge >= 0.3 is 0 Å². The van der Waals surface area contributed by atoms with Crippen molar-refractivity contribution in [3.8, 4) is 0 Å². The first-order valence-electron chi connectivity index (χ1n) is 4.67. The first-order valence-corrected chi connectivity index (χ1v) is 5.05. The van der Waals surface area contributed by atoms with E-state index in [1.165, 1.54) is 12.1 Å². The topological polar surface area (TPSA) is 24.7 Å². The lowest BCUT2D eigenvalue weighted by atomic mass is 10.3. The highest BCUT2D eigenvalue weighted by atomic mass is 35.5. The Hall–Kier alpha value is -1.74. The average Bonchev–Trinajstić information content (AvgIpc) is 2.28. The third kappa shape index (κ3) is 2.87. The maximum absolute atomic E-state index is 12.6. The minimum absolute atomic E-state index is 0.290. The van der Waals surface area contributed by atoms with Crippen molar-refractivity contribution < 1.29 is 4.39 Å². The van der Waals surface area contributed by atoms with Crippen LogP contribution in [0.5, 0.6) is 0 Å². The normalized spacial score (nSPS) is 10.9. The van der Waals surface area contributed by atoms with Crippen molar-refractivity contribution in [1.82, 2.24) is 0 Å². The summed E-state index contributed by atoms with van der Waals surface area (Å²) in [6.07, 6.45) is 0. The second-order valence-electron chi connectivity index (χ2n) is 3.16. The summed E-state index contributed by atoms with van der Waals surface area (Å²) in [7, 11) is 0. The average molecular weight is 235 g/mol. The van der Waals surface area contributed by atoms with Crippen LogP contribution in [0.2, 0.25) is 5.02 Å². The zero-order chi connectivity index (χ0) is 11.4. The van der Waals surface area contributed by atoms with E-state index in [-0.39, 0.29) is 5.82 Å². The van der Waals surface area contributed by atoms with Crippen molar-refractivity contribution in [3.05, 3.63) is 59.4 Å². The summed E-state index contributed by atoms with van der Waals surface area (Å²) in [5, 5.41) is 8.55. The molecular formula is C12H8ClFN2.